The predicted octanol–water partition coefficient (Wildman–Crippen LogP) is 3.19. The molecule has 0 fully saturated rings. The van der Waals surface area contributed by atoms with Crippen molar-refractivity contribution in [1.82, 2.24) is 14.9 Å². The highest BCUT2D eigenvalue weighted by Gasteiger charge is 2.14. The van der Waals surface area contributed by atoms with Gasteiger partial charge in [0.15, 0.2) is 0 Å². The molecule has 0 aliphatic carbocycles. The Bertz CT molecular complexity index is 573. The maximum atomic E-state index is 4.55. The van der Waals surface area contributed by atoms with E-state index in [-0.39, 0.29) is 0 Å². The number of hydrogen-bond donors (Lipinski definition) is 1. The van der Waals surface area contributed by atoms with Gasteiger partial charge in [0.05, 0.1) is 12.2 Å². The van der Waals surface area contributed by atoms with Crippen molar-refractivity contribution in [2.75, 3.05) is 7.05 Å². The SMILES string of the molecule is CNCc1nc(Br)c(-c2ccc(C)c(C)c2)n1C. The number of aromatic nitrogens is 2. The van der Waals surface area contributed by atoms with E-state index in [1.165, 1.54) is 16.7 Å². The van der Waals surface area contributed by atoms with Gasteiger partial charge in [-0.25, -0.2) is 4.98 Å². The largest absolute Gasteiger partial charge is 0.329 e. The number of imidazole rings is 1. The minimum Gasteiger partial charge on any atom is -0.329 e. The second-order valence-corrected chi connectivity index (χ2v) is 5.31. The van der Waals surface area contributed by atoms with Gasteiger partial charge in [-0.05, 0) is 54.0 Å². The van der Waals surface area contributed by atoms with Gasteiger partial charge in [-0.2, -0.15) is 0 Å². The lowest BCUT2D eigenvalue weighted by Gasteiger charge is -2.08. The van der Waals surface area contributed by atoms with E-state index >= 15 is 0 Å². The molecule has 1 aromatic heterocycles. The smallest absolute Gasteiger partial charge is 0.132 e. The van der Waals surface area contributed by atoms with Gasteiger partial charge >= 0.3 is 0 Å². The highest BCUT2D eigenvalue weighted by molar-refractivity contribution is 9.10. The Morgan fingerprint density at radius 1 is 1.28 bits per heavy atom. The normalized spacial score (nSPS) is 10.9. The van der Waals surface area contributed by atoms with Crippen LogP contribution in [0.3, 0.4) is 0 Å². The van der Waals surface area contributed by atoms with E-state index in [1.54, 1.807) is 0 Å². The Kier molecular flexibility index (Phi) is 3.88. The lowest BCUT2D eigenvalue weighted by Crippen LogP contribution is -2.10. The summed E-state index contributed by atoms with van der Waals surface area (Å²) in [5.74, 6) is 1.03. The summed E-state index contributed by atoms with van der Waals surface area (Å²) in [5, 5.41) is 3.13. The van der Waals surface area contributed by atoms with Crippen molar-refractivity contribution in [2.24, 2.45) is 7.05 Å². The van der Waals surface area contributed by atoms with Crippen LogP contribution in [0.1, 0.15) is 17.0 Å². The van der Waals surface area contributed by atoms with Crippen LogP contribution >= 0.6 is 15.9 Å². The second-order valence-electron chi connectivity index (χ2n) is 4.56. The fraction of sp³-hybridized carbons (Fsp3) is 0.357. The average molecular weight is 308 g/mol. The van der Waals surface area contributed by atoms with E-state index in [2.05, 4.69) is 69.9 Å². The third-order valence-corrected chi connectivity index (χ3v) is 3.81. The highest BCUT2D eigenvalue weighted by Crippen LogP contribution is 2.29. The summed E-state index contributed by atoms with van der Waals surface area (Å²) in [5.41, 5.74) is 4.94. The fourth-order valence-electron chi connectivity index (χ4n) is 2.03. The molecule has 2 aromatic rings. The summed E-state index contributed by atoms with van der Waals surface area (Å²) in [4.78, 5) is 4.55. The van der Waals surface area contributed by atoms with E-state index < -0.39 is 0 Å². The van der Waals surface area contributed by atoms with Gasteiger partial charge < -0.3 is 9.88 Å². The van der Waals surface area contributed by atoms with Crippen LogP contribution in [0, 0.1) is 13.8 Å². The van der Waals surface area contributed by atoms with Gasteiger partial charge in [-0.15, -0.1) is 0 Å². The van der Waals surface area contributed by atoms with E-state index in [4.69, 9.17) is 0 Å². The van der Waals surface area contributed by atoms with Crippen molar-refractivity contribution in [3.63, 3.8) is 0 Å². The minimum absolute atomic E-state index is 0.764. The number of halogens is 1. The molecule has 1 N–H and O–H groups in total. The molecule has 0 aliphatic heterocycles. The van der Waals surface area contributed by atoms with Crippen LogP contribution in [-0.2, 0) is 13.6 Å². The molecule has 1 heterocycles. The standard InChI is InChI=1S/C14H18BrN3/c1-9-5-6-11(7-10(9)2)13-14(15)17-12(8-16-3)18(13)4/h5-7,16H,8H2,1-4H3. The van der Waals surface area contributed by atoms with E-state index in [0.29, 0.717) is 0 Å². The van der Waals surface area contributed by atoms with Crippen molar-refractivity contribution in [3.05, 3.63) is 39.8 Å². The Hall–Kier alpha value is -1.13. The quantitative estimate of drug-likeness (QED) is 0.944. The molecule has 0 atom stereocenters. The number of aryl methyl sites for hydroxylation is 2. The van der Waals surface area contributed by atoms with Gasteiger partial charge in [0, 0.05) is 12.6 Å². The average Bonchev–Trinajstić information content (AvgIpc) is 2.59. The molecular weight excluding hydrogens is 290 g/mol. The Morgan fingerprint density at radius 2 is 2.00 bits per heavy atom. The molecule has 18 heavy (non-hydrogen) atoms. The van der Waals surface area contributed by atoms with Crippen molar-refractivity contribution >= 4 is 15.9 Å². The van der Waals surface area contributed by atoms with Crippen molar-refractivity contribution < 1.29 is 0 Å². The maximum Gasteiger partial charge on any atom is 0.132 e. The monoisotopic (exact) mass is 307 g/mol. The van der Waals surface area contributed by atoms with Gasteiger partial charge in [-0.3, -0.25) is 0 Å². The zero-order valence-corrected chi connectivity index (χ0v) is 12.8. The molecule has 0 saturated carbocycles. The van der Waals surface area contributed by atoms with E-state index in [9.17, 15) is 0 Å². The number of nitrogens with zero attached hydrogens (tertiary/aromatic N) is 2. The summed E-state index contributed by atoms with van der Waals surface area (Å²) < 4.78 is 3.03. The second kappa shape index (κ2) is 5.24. The molecule has 3 nitrogen and oxygen atoms in total. The molecule has 0 unspecified atom stereocenters. The first-order valence-electron chi connectivity index (χ1n) is 5.98. The summed E-state index contributed by atoms with van der Waals surface area (Å²) in [7, 11) is 3.98. The van der Waals surface area contributed by atoms with E-state index in [1.807, 2.05) is 7.05 Å². The van der Waals surface area contributed by atoms with Crippen LogP contribution < -0.4 is 5.32 Å². The Morgan fingerprint density at radius 3 is 2.61 bits per heavy atom. The Labute approximate surface area is 116 Å². The molecule has 0 saturated heterocycles. The molecule has 0 radical (unpaired) electrons. The van der Waals surface area contributed by atoms with Crippen LogP contribution in [0.15, 0.2) is 22.8 Å². The van der Waals surface area contributed by atoms with Crippen molar-refractivity contribution in [3.8, 4) is 11.3 Å². The molecule has 2 rings (SSSR count). The third kappa shape index (κ3) is 2.35. The first kappa shape index (κ1) is 13.3. The summed E-state index contributed by atoms with van der Waals surface area (Å²) in [6, 6.07) is 6.51. The van der Waals surface area contributed by atoms with Gasteiger partial charge in [0.25, 0.3) is 0 Å². The topological polar surface area (TPSA) is 29.9 Å². The molecule has 0 spiro atoms. The fourth-order valence-corrected chi connectivity index (χ4v) is 2.73. The van der Waals surface area contributed by atoms with Crippen molar-refractivity contribution in [1.29, 1.82) is 0 Å². The maximum absolute atomic E-state index is 4.55. The van der Waals surface area contributed by atoms with E-state index in [0.717, 1.165) is 22.7 Å². The molecule has 0 aliphatic rings. The third-order valence-electron chi connectivity index (χ3n) is 3.26. The predicted molar refractivity (Wildman–Crippen MR) is 78.6 cm³/mol. The van der Waals surface area contributed by atoms with Crippen LogP contribution in [-0.4, -0.2) is 16.6 Å². The molecule has 96 valence electrons. The Balaban J connectivity index is 2.53. The molecular formula is C14H18BrN3. The summed E-state index contributed by atoms with van der Waals surface area (Å²) in [6.07, 6.45) is 0. The number of benzene rings is 1. The van der Waals surface area contributed by atoms with Crippen LogP contribution in [0.4, 0.5) is 0 Å². The number of nitrogens with one attached hydrogen (secondary N) is 1. The number of hydrogen-bond acceptors (Lipinski definition) is 2. The molecule has 4 heteroatoms. The highest BCUT2D eigenvalue weighted by atomic mass is 79.9. The van der Waals surface area contributed by atoms with Crippen LogP contribution in [0.25, 0.3) is 11.3 Å². The first-order valence-corrected chi connectivity index (χ1v) is 6.77. The van der Waals surface area contributed by atoms with Crippen molar-refractivity contribution in [2.45, 2.75) is 20.4 Å². The first-order chi connectivity index (χ1) is 8.54. The van der Waals surface area contributed by atoms with Crippen LogP contribution in [0.5, 0.6) is 0 Å². The zero-order valence-electron chi connectivity index (χ0n) is 11.2. The van der Waals surface area contributed by atoms with Gasteiger partial charge in [-0.1, -0.05) is 12.1 Å². The molecule has 0 amide bonds. The van der Waals surface area contributed by atoms with Gasteiger partial charge in [0.2, 0.25) is 0 Å². The molecule has 1 aromatic carbocycles. The summed E-state index contributed by atoms with van der Waals surface area (Å²) >= 11 is 3.56. The summed E-state index contributed by atoms with van der Waals surface area (Å²) in [6.45, 7) is 5.03. The minimum atomic E-state index is 0.764. The lowest BCUT2D eigenvalue weighted by atomic mass is 10.0. The lowest BCUT2D eigenvalue weighted by molar-refractivity contribution is 0.712. The van der Waals surface area contributed by atoms with Crippen LogP contribution in [0.2, 0.25) is 0 Å². The van der Waals surface area contributed by atoms with Gasteiger partial charge in [0.1, 0.15) is 10.4 Å². The zero-order chi connectivity index (χ0) is 13.3. The number of rotatable bonds is 3. The molecule has 0 bridgehead atoms.